The Hall–Kier alpha value is -1.90. The first kappa shape index (κ1) is 12.6. The van der Waals surface area contributed by atoms with Crippen LogP contribution in [0, 0.1) is 25.5 Å². The highest BCUT2D eigenvalue weighted by Crippen LogP contribution is 2.19. The third-order valence-electron chi connectivity index (χ3n) is 3.05. The largest absolute Gasteiger partial charge is 0.381 e. The van der Waals surface area contributed by atoms with E-state index >= 15 is 0 Å². The van der Waals surface area contributed by atoms with Crippen molar-refractivity contribution in [2.24, 2.45) is 0 Å². The molecule has 0 atom stereocenters. The molecule has 0 aromatic heterocycles. The fraction of sp³-hybridized carbons (Fsp3) is 0.200. The van der Waals surface area contributed by atoms with Crippen molar-refractivity contribution in [1.82, 2.24) is 0 Å². The van der Waals surface area contributed by atoms with Crippen molar-refractivity contribution in [3.05, 3.63) is 64.7 Å². The van der Waals surface area contributed by atoms with Gasteiger partial charge in [0.2, 0.25) is 0 Å². The molecule has 1 nitrogen and oxygen atoms in total. The monoisotopic (exact) mass is 247 g/mol. The molecule has 1 N–H and O–H groups in total. The Balaban J connectivity index is 2.16. The Morgan fingerprint density at radius 1 is 1.06 bits per heavy atom. The zero-order chi connectivity index (χ0) is 13.1. The smallest absolute Gasteiger partial charge is 0.128 e. The molecule has 0 aliphatic rings. The minimum absolute atomic E-state index is 0.240. The molecular weight excluding hydrogens is 232 g/mol. The average molecular weight is 247 g/mol. The Bertz CT molecular complexity index is 562. The normalized spacial score (nSPS) is 10.4. The van der Waals surface area contributed by atoms with Crippen LogP contribution in [0.4, 0.5) is 14.5 Å². The number of hydrogen-bond donors (Lipinski definition) is 1. The summed E-state index contributed by atoms with van der Waals surface area (Å²) in [6.07, 6.45) is 0. The lowest BCUT2D eigenvalue weighted by atomic mass is 10.1. The van der Waals surface area contributed by atoms with Crippen LogP contribution in [0.3, 0.4) is 0 Å². The van der Waals surface area contributed by atoms with Gasteiger partial charge in [0.05, 0.1) is 0 Å². The van der Waals surface area contributed by atoms with E-state index in [4.69, 9.17) is 0 Å². The van der Waals surface area contributed by atoms with E-state index in [-0.39, 0.29) is 11.6 Å². The Morgan fingerprint density at radius 2 is 1.83 bits per heavy atom. The van der Waals surface area contributed by atoms with E-state index in [1.807, 2.05) is 13.0 Å². The number of benzene rings is 2. The summed E-state index contributed by atoms with van der Waals surface area (Å²) >= 11 is 0. The molecule has 94 valence electrons. The van der Waals surface area contributed by atoms with E-state index in [0.29, 0.717) is 12.1 Å². The minimum Gasteiger partial charge on any atom is -0.381 e. The molecular formula is C15H15F2N. The number of hydrogen-bond acceptors (Lipinski definition) is 1. The molecule has 0 unspecified atom stereocenters. The van der Waals surface area contributed by atoms with E-state index < -0.39 is 0 Å². The van der Waals surface area contributed by atoms with Crippen LogP contribution >= 0.6 is 0 Å². The number of anilines is 1. The second-order valence-corrected chi connectivity index (χ2v) is 4.34. The first-order valence-corrected chi connectivity index (χ1v) is 5.82. The highest BCUT2D eigenvalue weighted by molar-refractivity contribution is 5.51. The molecule has 0 saturated carbocycles. The Kier molecular flexibility index (Phi) is 3.60. The molecule has 2 aromatic carbocycles. The molecule has 0 radical (unpaired) electrons. The predicted octanol–water partition coefficient (Wildman–Crippen LogP) is 4.19. The molecule has 0 bridgehead atoms. The molecule has 3 heteroatoms. The predicted molar refractivity (Wildman–Crippen MR) is 69.6 cm³/mol. The zero-order valence-corrected chi connectivity index (χ0v) is 10.4. The van der Waals surface area contributed by atoms with Gasteiger partial charge in [0.25, 0.3) is 0 Å². The fourth-order valence-electron chi connectivity index (χ4n) is 1.82. The summed E-state index contributed by atoms with van der Waals surface area (Å²) in [6, 6.07) is 9.57. The van der Waals surface area contributed by atoms with Crippen molar-refractivity contribution in [1.29, 1.82) is 0 Å². The van der Waals surface area contributed by atoms with E-state index in [9.17, 15) is 8.78 Å². The number of aryl methyl sites for hydroxylation is 1. The van der Waals surface area contributed by atoms with Crippen LogP contribution in [0.1, 0.15) is 16.7 Å². The maximum atomic E-state index is 13.3. The lowest BCUT2D eigenvalue weighted by Gasteiger charge is -2.11. The second kappa shape index (κ2) is 5.17. The van der Waals surface area contributed by atoms with Gasteiger partial charge in [-0.15, -0.1) is 0 Å². The number of rotatable bonds is 3. The van der Waals surface area contributed by atoms with Crippen molar-refractivity contribution < 1.29 is 8.78 Å². The quantitative estimate of drug-likeness (QED) is 0.857. The summed E-state index contributed by atoms with van der Waals surface area (Å²) in [5.41, 5.74) is 3.20. The summed E-state index contributed by atoms with van der Waals surface area (Å²) in [4.78, 5) is 0. The topological polar surface area (TPSA) is 12.0 Å². The molecule has 0 aliphatic heterocycles. The van der Waals surface area contributed by atoms with Gasteiger partial charge >= 0.3 is 0 Å². The lowest BCUT2D eigenvalue weighted by molar-refractivity contribution is 0.618. The van der Waals surface area contributed by atoms with Gasteiger partial charge in [-0.25, -0.2) is 8.78 Å². The van der Waals surface area contributed by atoms with Crippen molar-refractivity contribution in [3.63, 3.8) is 0 Å². The van der Waals surface area contributed by atoms with Crippen LogP contribution in [-0.4, -0.2) is 0 Å². The van der Waals surface area contributed by atoms with Gasteiger partial charge in [0.1, 0.15) is 11.6 Å². The molecule has 0 spiro atoms. The van der Waals surface area contributed by atoms with Crippen molar-refractivity contribution in [2.45, 2.75) is 20.4 Å². The Morgan fingerprint density at radius 3 is 2.61 bits per heavy atom. The number of halogens is 2. The third kappa shape index (κ3) is 2.67. The standard InChI is InChI=1S/C15H15F2N/c1-10-6-7-13(16)8-12(10)9-18-15-5-3-4-14(17)11(15)2/h3-8,18H,9H2,1-2H3. The highest BCUT2D eigenvalue weighted by Gasteiger charge is 2.04. The SMILES string of the molecule is Cc1ccc(F)cc1CNc1cccc(F)c1C. The molecule has 0 amide bonds. The summed E-state index contributed by atoms with van der Waals surface area (Å²) in [6.45, 7) is 4.12. The first-order chi connectivity index (χ1) is 8.58. The van der Waals surface area contributed by atoms with Crippen molar-refractivity contribution in [2.75, 3.05) is 5.32 Å². The second-order valence-electron chi connectivity index (χ2n) is 4.34. The molecule has 2 rings (SSSR count). The lowest BCUT2D eigenvalue weighted by Crippen LogP contribution is -2.04. The van der Waals surface area contributed by atoms with Gasteiger partial charge in [-0.05, 0) is 49.2 Å². The highest BCUT2D eigenvalue weighted by atomic mass is 19.1. The van der Waals surface area contributed by atoms with Crippen LogP contribution in [-0.2, 0) is 6.54 Å². The first-order valence-electron chi connectivity index (χ1n) is 5.82. The van der Waals surface area contributed by atoms with E-state index in [1.165, 1.54) is 18.2 Å². The molecule has 0 aliphatic carbocycles. The zero-order valence-electron chi connectivity index (χ0n) is 10.4. The van der Waals surface area contributed by atoms with Gasteiger partial charge < -0.3 is 5.32 Å². The van der Waals surface area contributed by atoms with E-state index in [1.54, 1.807) is 19.1 Å². The molecule has 2 aromatic rings. The average Bonchev–Trinajstić information content (AvgIpc) is 2.35. The molecule has 0 saturated heterocycles. The third-order valence-corrected chi connectivity index (χ3v) is 3.05. The fourth-order valence-corrected chi connectivity index (χ4v) is 1.82. The summed E-state index contributed by atoms with van der Waals surface area (Å²) in [7, 11) is 0. The van der Waals surface area contributed by atoms with E-state index in [2.05, 4.69) is 5.32 Å². The van der Waals surface area contributed by atoms with Crippen molar-refractivity contribution >= 4 is 5.69 Å². The van der Waals surface area contributed by atoms with Crippen LogP contribution < -0.4 is 5.32 Å². The maximum absolute atomic E-state index is 13.3. The van der Waals surface area contributed by atoms with Gasteiger partial charge in [-0.3, -0.25) is 0 Å². The van der Waals surface area contributed by atoms with Crippen LogP contribution in [0.2, 0.25) is 0 Å². The van der Waals surface area contributed by atoms with Gasteiger partial charge in [0, 0.05) is 17.8 Å². The van der Waals surface area contributed by atoms with Crippen LogP contribution in [0.15, 0.2) is 36.4 Å². The van der Waals surface area contributed by atoms with Gasteiger partial charge in [0.15, 0.2) is 0 Å². The van der Waals surface area contributed by atoms with Gasteiger partial charge in [-0.2, -0.15) is 0 Å². The molecule has 0 heterocycles. The van der Waals surface area contributed by atoms with Crippen LogP contribution in [0.25, 0.3) is 0 Å². The molecule has 0 fully saturated rings. The summed E-state index contributed by atoms with van der Waals surface area (Å²) in [5.74, 6) is -0.496. The summed E-state index contributed by atoms with van der Waals surface area (Å²) < 4.78 is 26.5. The van der Waals surface area contributed by atoms with Gasteiger partial charge in [-0.1, -0.05) is 12.1 Å². The Labute approximate surface area is 105 Å². The maximum Gasteiger partial charge on any atom is 0.128 e. The van der Waals surface area contributed by atoms with Crippen molar-refractivity contribution in [3.8, 4) is 0 Å². The molecule has 18 heavy (non-hydrogen) atoms. The summed E-state index contributed by atoms with van der Waals surface area (Å²) in [5, 5.41) is 3.13. The minimum atomic E-state index is -0.256. The van der Waals surface area contributed by atoms with Crippen LogP contribution in [0.5, 0.6) is 0 Å². The van der Waals surface area contributed by atoms with E-state index in [0.717, 1.165) is 16.8 Å². The number of nitrogens with one attached hydrogen (secondary N) is 1.